The molecule has 0 bridgehead atoms. The maximum atomic E-state index is 5.87. The smallest absolute Gasteiger partial charge is 0.138 e. The van der Waals surface area contributed by atoms with Gasteiger partial charge < -0.3 is 10.1 Å². The second-order valence-corrected chi connectivity index (χ2v) is 6.92. The van der Waals surface area contributed by atoms with Crippen LogP contribution in [0.1, 0.15) is 38.4 Å². The first-order valence-corrected chi connectivity index (χ1v) is 8.85. The molecule has 0 amide bonds. The van der Waals surface area contributed by atoms with Gasteiger partial charge in [-0.05, 0) is 37.1 Å². The van der Waals surface area contributed by atoms with Gasteiger partial charge in [-0.2, -0.15) is 0 Å². The Labute approximate surface area is 128 Å². The number of hydrogen-bond acceptors (Lipinski definition) is 5. The van der Waals surface area contributed by atoms with E-state index in [1.165, 1.54) is 31.1 Å². The molecule has 3 atom stereocenters. The maximum Gasteiger partial charge on any atom is 0.138 e. The third-order valence-electron chi connectivity index (χ3n) is 4.79. The number of aryl methyl sites for hydroxylation is 1. The monoisotopic (exact) mass is 303 g/mol. The van der Waals surface area contributed by atoms with Crippen LogP contribution in [0.3, 0.4) is 0 Å². The molecule has 4 rings (SSSR count). The molecule has 1 saturated carbocycles. The molecule has 0 radical (unpaired) electrons. The first-order chi connectivity index (χ1) is 10.3. The number of aromatic nitrogens is 2. The van der Waals surface area contributed by atoms with Crippen LogP contribution in [-0.2, 0) is 11.2 Å². The summed E-state index contributed by atoms with van der Waals surface area (Å²) in [6, 6.07) is 2.63. The second-order valence-electron chi connectivity index (χ2n) is 6.02. The van der Waals surface area contributed by atoms with Crippen molar-refractivity contribution >= 4 is 27.4 Å². The van der Waals surface area contributed by atoms with Gasteiger partial charge in [0.15, 0.2) is 0 Å². The second kappa shape index (κ2) is 5.54. The highest BCUT2D eigenvalue weighted by Gasteiger charge is 2.37. The number of hydrogen-bond donors (Lipinski definition) is 1. The van der Waals surface area contributed by atoms with E-state index in [-0.39, 0.29) is 0 Å². The lowest BCUT2D eigenvalue weighted by atomic mass is 9.82. The van der Waals surface area contributed by atoms with E-state index < -0.39 is 0 Å². The van der Waals surface area contributed by atoms with Crippen LogP contribution in [0, 0.1) is 5.92 Å². The molecule has 3 heterocycles. The lowest BCUT2D eigenvalue weighted by molar-refractivity contribution is 0.0620. The van der Waals surface area contributed by atoms with Gasteiger partial charge in [0.2, 0.25) is 0 Å². The Kier molecular flexibility index (Phi) is 3.55. The van der Waals surface area contributed by atoms with Crippen molar-refractivity contribution in [3.63, 3.8) is 0 Å². The van der Waals surface area contributed by atoms with E-state index in [2.05, 4.69) is 28.7 Å². The number of ether oxygens (including phenoxy) is 1. The Morgan fingerprint density at radius 1 is 1.33 bits per heavy atom. The average molecular weight is 303 g/mol. The van der Waals surface area contributed by atoms with Crippen molar-refractivity contribution in [1.29, 1.82) is 0 Å². The van der Waals surface area contributed by atoms with E-state index in [4.69, 9.17) is 9.72 Å². The first kappa shape index (κ1) is 13.5. The van der Waals surface area contributed by atoms with Crippen LogP contribution in [0.2, 0.25) is 0 Å². The molecule has 1 aliphatic heterocycles. The van der Waals surface area contributed by atoms with Crippen LogP contribution in [0.15, 0.2) is 11.4 Å². The topological polar surface area (TPSA) is 47.0 Å². The molecule has 2 fully saturated rings. The van der Waals surface area contributed by atoms with Crippen molar-refractivity contribution in [3.05, 3.63) is 17.3 Å². The molecule has 21 heavy (non-hydrogen) atoms. The van der Waals surface area contributed by atoms with E-state index in [1.807, 2.05) is 0 Å². The van der Waals surface area contributed by atoms with Gasteiger partial charge in [-0.1, -0.05) is 6.92 Å². The van der Waals surface area contributed by atoms with Crippen molar-refractivity contribution in [2.75, 3.05) is 11.9 Å². The Morgan fingerprint density at radius 3 is 3.19 bits per heavy atom. The standard InChI is InChI=1S/C16H21N3OS/c1-2-14-18-15(11-7-9-21-16(11)19-14)17-12-4-3-5-13-10(12)6-8-20-13/h7,9-10,12-13H,2-6,8H2,1H3,(H,17,18,19). The van der Waals surface area contributed by atoms with Crippen molar-refractivity contribution in [2.45, 2.75) is 51.2 Å². The molecule has 2 aliphatic rings. The summed E-state index contributed by atoms with van der Waals surface area (Å²) in [5.74, 6) is 2.60. The van der Waals surface area contributed by atoms with E-state index in [9.17, 15) is 0 Å². The third kappa shape index (κ3) is 2.42. The molecule has 112 valence electrons. The minimum atomic E-state index is 0.460. The van der Waals surface area contributed by atoms with E-state index in [0.717, 1.165) is 29.5 Å². The van der Waals surface area contributed by atoms with Crippen LogP contribution < -0.4 is 5.32 Å². The summed E-state index contributed by atoms with van der Waals surface area (Å²) in [5, 5.41) is 7.00. The molecular formula is C16H21N3OS. The van der Waals surface area contributed by atoms with Crippen molar-refractivity contribution in [2.24, 2.45) is 5.92 Å². The molecule has 1 aliphatic carbocycles. The van der Waals surface area contributed by atoms with Gasteiger partial charge >= 0.3 is 0 Å². The normalized spacial score (nSPS) is 28.7. The summed E-state index contributed by atoms with van der Waals surface area (Å²) in [5.41, 5.74) is 0. The fourth-order valence-corrected chi connectivity index (χ4v) is 4.48. The number of anilines is 1. The number of nitrogens with zero attached hydrogens (tertiary/aromatic N) is 2. The van der Waals surface area contributed by atoms with Gasteiger partial charge in [0.05, 0.1) is 11.5 Å². The Morgan fingerprint density at radius 2 is 2.29 bits per heavy atom. The first-order valence-electron chi connectivity index (χ1n) is 7.97. The van der Waals surface area contributed by atoms with Gasteiger partial charge in [-0.25, -0.2) is 9.97 Å². The van der Waals surface area contributed by atoms with Crippen LogP contribution >= 0.6 is 11.3 Å². The zero-order chi connectivity index (χ0) is 14.2. The molecule has 0 aromatic carbocycles. The molecule has 0 spiro atoms. The highest BCUT2D eigenvalue weighted by Crippen LogP contribution is 2.37. The summed E-state index contributed by atoms with van der Waals surface area (Å²) in [4.78, 5) is 10.5. The van der Waals surface area contributed by atoms with Crippen LogP contribution in [0.5, 0.6) is 0 Å². The minimum Gasteiger partial charge on any atom is -0.378 e. The highest BCUT2D eigenvalue weighted by atomic mass is 32.1. The fraction of sp³-hybridized carbons (Fsp3) is 0.625. The van der Waals surface area contributed by atoms with Gasteiger partial charge in [0, 0.05) is 25.0 Å². The summed E-state index contributed by atoms with van der Waals surface area (Å²) in [6.07, 6.45) is 6.21. The summed E-state index contributed by atoms with van der Waals surface area (Å²) < 4.78 is 5.87. The van der Waals surface area contributed by atoms with E-state index in [0.29, 0.717) is 18.1 Å². The molecule has 4 nitrogen and oxygen atoms in total. The Bertz CT molecular complexity index is 641. The molecular weight excluding hydrogens is 282 g/mol. The minimum absolute atomic E-state index is 0.460. The van der Waals surface area contributed by atoms with Crippen LogP contribution in [-0.4, -0.2) is 28.7 Å². The molecule has 1 N–H and O–H groups in total. The molecule has 1 saturated heterocycles. The molecule has 3 unspecified atom stereocenters. The third-order valence-corrected chi connectivity index (χ3v) is 5.60. The van der Waals surface area contributed by atoms with Gasteiger partial charge in [-0.15, -0.1) is 11.3 Å². The van der Waals surface area contributed by atoms with Gasteiger partial charge in [0.1, 0.15) is 16.5 Å². The Balaban J connectivity index is 1.65. The zero-order valence-corrected chi connectivity index (χ0v) is 13.2. The number of rotatable bonds is 3. The van der Waals surface area contributed by atoms with Crippen LogP contribution in [0.4, 0.5) is 5.82 Å². The quantitative estimate of drug-likeness (QED) is 0.940. The van der Waals surface area contributed by atoms with Gasteiger partial charge in [0.25, 0.3) is 0 Å². The van der Waals surface area contributed by atoms with Crippen LogP contribution in [0.25, 0.3) is 10.2 Å². The lowest BCUT2D eigenvalue weighted by Gasteiger charge is -2.33. The number of nitrogens with one attached hydrogen (secondary N) is 1. The predicted octanol–water partition coefficient (Wildman–Crippen LogP) is 3.62. The number of thiophene rings is 1. The largest absolute Gasteiger partial charge is 0.378 e. The summed E-state index contributed by atoms with van der Waals surface area (Å²) >= 11 is 1.70. The van der Waals surface area contributed by atoms with Gasteiger partial charge in [-0.3, -0.25) is 0 Å². The molecule has 5 heteroatoms. The SMILES string of the molecule is CCc1nc(NC2CCCC3OCCC23)c2ccsc2n1. The highest BCUT2D eigenvalue weighted by molar-refractivity contribution is 7.16. The van der Waals surface area contributed by atoms with Crippen molar-refractivity contribution in [3.8, 4) is 0 Å². The molecule has 2 aromatic rings. The summed E-state index contributed by atoms with van der Waals surface area (Å²) in [6.45, 7) is 3.03. The summed E-state index contributed by atoms with van der Waals surface area (Å²) in [7, 11) is 0. The van der Waals surface area contributed by atoms with Crippen molar-refractivity contribution < 1.29 is 4.74 Å². The Hall–Kier alpha value is -1.20. The average Bonchev–Trinajstić information content (AvgIpc) is 3.16. The molecule has 2 aromatic heterocycles. The van der Waals surface area contributed by atoms with E-state index in [1.54, 1.807) is 11.3 Å². The fourth-order valence-electron chi connectivity index (χ4n) is 3.70. The number of fused-ring (bicyclic) bond motifs is 2. The van der Waals surface area contributed by atoms with E-state index >= 15 is 0 Å². The zero-order valence-electron chi connectivity index (χ0n) is 12.3. The van der Waals surface area contributed by atoms with Crippen molar-refractivity contribution in [1.82, 2.24) is 9.97 Å². The maximum absolute atomic E-state index is 5.87. The lowest BCUT2D eigenvalue weighted by Crippen LogP contribution is -2.38. The predicted molar refractivity (Wildman–Crippen MR) is 85.9 cm³/mol.